The number of nitrogens with one attached hydrogen (secondary N) is 2. The van der Waals surface area contributed by atoms with Gasteiger partial charge < -0.3 is 25.0 Å². The first-order chi connectivity index (χ1) is 30.0. The van der Waals surface area contributed by atoms with E-state index in [0.29, 0.717) is 25.2 Å². The number of nitrogens with two attached hydrogens (primary N) is 1. The van der Waals surface area contributed by atoms with Crippen molar-refractivity contribution in [2.45, 2.75) is 75.9 Å². The van der Waals surface area contributed by atoms with Crippen LogP contribution in [0.5, 0.6) is 5.75 Å². The highest BCUT2D eigenvalue weighted by Crippen LogP contribution is 2.42. The van der Waals surface area contributed by atoms with E-state index in [1.165, 1.54) is 10.4 Å². The molecule has 1 aliphatic rings. The topological polar surface area (TPSA) is 133 Å². The number of nitrogens with zero attached hydrogens (tertiary/aromatic N) is 2. The van der Waals surface area contributed by atoms with E-state index in [0.717, 1.165) is 34.4 Å². The first-order valence-electron chi connectivity index (χ1n) is 21.3. The molecule has 0 spiro atoms. The van der Waals surface area contributed by atoms with E-state index in [-0.39, 0.29) is 44.3 Å². The molecule has 0 bridgehead atoms. The molecule has 1 fully saturated rings. The molecule has 320 valence electrons. The maximum Gasteiger partial charge on any atom is 0.311 e. The first kappa shape index (κ1) is 43.0. The highest BCUT2D eigenvalue weighted by molar-refractivity contribution is 7.16. The van der Waals surface area contributed by atoms with Crippen LogP contribution in [0.15, 0.2) is 155 Å². The number of anilines is 1. The van der Waals surface area contributed by atoms with Crippen molar-refractivity contribution >= 4 is 46.3 Å². The smallest absolute Gasteiger partial charge is 0.311 e. The first-order valence-corrected chi connectivity index (χ1v) is 24.0. The number of aromatic nitrogens is 3. The molecule has 0 radical (unpaired) electrons. The molecule has 4 N–H and O–H groups in total. The normalized spacial score (nSPS) is 17.5. The van der Waals surface area contributed by atoms with Gasteiger partial charge in [-0.05, 0) is 70.4 Å². The number of aromatic amines is 1. The average molecular weight is 866 g/mol. The standard InChI is InChI=1S/C50H55N5O5SSi/c1-34(51)42-33-39(23-18-32-59-62(49(2,3)4,40-24-14-8-15-25-40)41-26-16-9-17-27-41)60-46(42)55-44-43(61-48(55)57)45(56)53-47(52-44)54-50(35-19-10-6-11-20-35,36-21-12-7-13-22-36)37-28-30-38(58-5)31-29-37/h6-17,19-22,24-31,34,39,42,46H,18,23,32-33,51H2,1-5H3,(H2,52,53,54,56)/t34-,39+,42+,46-/m1/s1. The van der Waals surface area contributed by atoms with E-state index in [1.54, 1.807) is 11.7 Å². The van der Waals surface area contributed by atoms with Gasteiger partial charge >= 0.3 is 4.87 Å². The highest BCUT2D eigenvalue weighted by atomic mass is 32.1. The minimum absolute atomic E-state index is 0.138. The molecule has 0 unspecified atom stereocenters. The second-order valence-corrected chi connectivity index (χ2v) is 22.5. The molecule has 5 aromatic carbocycles. The van der Waals surface area contributed by atoms with Gasteiger partial charge in [0, 0.05) is 18.6 Å². The summed E-state index contributed by atoms with van der Waals surface area (Å²) in [5.41, 5.74) is 8.21. The van der Waals surface area contributed by atoms with Gasteiger partial charge in [-0.25, -0.2) is 0 Å². The Bertz CT molecular complexity index is 2610. The second-order valence-electron chi connectivity index (χ2n) is 17.2. The molecular weight excluding hydrogens is 811 g/mol. The fourth-order valence-electron chi connectivity index (χ4n) is 9.31. The van der Waals surface area contributed by atoms with E-state index in [9.17, 15) is 9.59 Å². The number of ether oxygens (including phenoxy) is 2. The van der Waals surface area contributed by atoms with E-state index >= 15 is 0 Å². The Morgan fingerprint density at radius 3 is 1.89 bits per heavy atom. The van der Waals surface area contributed by atoms with Crippen LogP contribution in [0.4, 0.5) is 5.95 Å². The van der Waals surface area contributed by atoms with Gasteiger partial charge in [-0.15, -0.1) is 0 Å². The third kappa shape index (κ3) is 8.09. The lowest BCUT2D eigenvalue weighted by atomic mass is 9.77. The Balaban J connectivity index is 1.11. The van der Waals surface area contributed by atoms with Crippen molar-refractivity contribution in [1.29, 1.82) is 0 Å². The van der Waals surface area contributed by atoms with Crippen LogP contribution in [0.3, 0.4) is 0 Å². The van der Waals surface area contributed by atoms with E-state index in [4.69, 9.17) is 24.6 Å². The summed E-state index contributed by atoms with van der Waals surface area (Å²) >= 11 is 0.873. The summed E-state index contributed by atoms with van der Waals surface area (Å²) in [6, 6.07) is 48.9. The monoisotopic (exact) mass is 865 g/mol. The summed E-state index contributed by atoms with van der Waals surface area (Å²) in [5.74, 6) is 0.715. The zero-order valence-corrected chi connectivity index (χ0v) is 37.7. The van der Waals surface area contributed by atoms with E-state index < -0.39 is 25.6 Å². The molecule has 1 saturated heterocycles. The number of hydrogen-bond acceptors (Lipinski definition) is 9. The molecule has 1 aliphatic heterocycles. The van der Waals surface area contributed by atoms with Gasteiger partial charge in [0.1, 0.15) is 22.2 Å². The van der Waals surface area contributed by atoms with Gasteiger partial charge in [-0.2, -0.15) is 4.98 Å². The van der Waals surface area contributed by atoms with Crippen LogP contribution in [0.2, 0.25) is 5.04 Å². The molecule has 0 amide bonds. The molecule has 7 aromatic rings. The fourth-order valence-corrected chi connectivity index (χ4v) is 14.8. The number of fused-ring (bicyclic) bond motifs is 1. The van der Waals surface area contributed by atoms with Gasteiger partial charge in [0.15, 0.2) is 5.65 Å². The molecule has 0 aliphatic carbocycles. The molecular formula is C50H55N5O5SSi. The second kappa shape index (κ2) is 18.0. The minimum atomic E-state index is -2.71. The molecule has 12 heteroatoms. The Morgan fingerprint density at radius 2 is 1.37 bits per heavy atom. The van der Waals surface area contributed by atoms with Crippen LogP contribution in [0, 0.1) is 5.92 Å². The number of thiazole rings is 1. The number of H-pyrrole nitrogens is 1. The molecule has 0 saturated carbocycles. The maximum atomic E-state index is 14.0. The van der Waals surface area contributed by atoms with Crippen molar-refractivity contribution in [2.75, 3.05) is 19.0 Å². The number of rotatable bonds is 15. The Labute approximate surface area is 367 Å². The lowest BCUT2D eigenvalue weighted by Gasteiger charge is -2.43. The van der Waals surface area contributed by atoms with Crippen molar-refractivity contribution in [3.8, 4) is 5.75 Å². The van der Waals surface area contributed by atoms with E-state index in [2.05, 4.69) is 91.7 Å². The van der Waals surface area contributed by atoms with Crippen molar-refractivity contribution < 1.29 is 13.9 Å². The van der Waals surface area contributed by atoms with Crippen molar-refractivity contribution in [2.24, 2.45) is 11.7 Å². The summed E-state index contributed by atoms with van der Waals surface area (Å²) in [6.07, 6.45) is 1.23. The largest absolute Gasteiger partial charge is 0.497 e. The van der Waals surface area contributed by atoms with Gasteiger partial charge in [0.05, 0.1) is 13.2 Å². The molecule has 62 heavy (non-hydrogen) atoms. The average Bonchev–Trinajstić information content (AvgIpc) is 3.86. The lowest BCUT2D eigenvalue weighted by molar-refractivity contribution is -0.0184. The fraction of sp³-hybridized carbons (Fsp3) is 0.300. The Morgan fingerprint density at radius 1 is 0.839 bits per heavy atom. The van der Waals surface area contributed by atoms with Gasteiger partial charge in [-0.1, -0.05) is 166 Å². The number of methoxy groups -OCH3 is 1. The number of benzene rings is 5. The van der Waals surface area contributed by atoms with Crippen molar-refractivity contribution in [3.05, 3.63) is 182 Å². The van der Waals surface area contributed by atoms with Gasteiger partial charge in [0.25, 0.3) is 13.9 Å². The van der Waals surface area contributed by atoms with Gasteiger partial charge in [-0.3, -0.25) is 19.1 Å². The molecule has 3 heterocycles. The summed E-state index contributed by atoms with van der Waals surface area (Å²) in [7, 11) is -1.07. The Kier molecular flexibility index (Phi) is 12.5. The van der Waals surface area contributed by atoms with Crippen LogP contribution < -0.4 is 36.6 Å². The number of hydrogen-bond donors (Lipinski definition) is 3. The maximum absolute atomic E-state index is 14.0. The van der Waals surface area contributed by atoms with Crippen LogP contribution in [-0.4, -0.2) is 48.7 Å². The highest BCUT2D eigenvalue weighted by Gasteiger charge is 2.50. The quantitative estimate of drug-likeness (QED) is 0.0535. The van der Waals surface area contributed by atoms with Gasteiger partial charge in [0.2, 0.25) is 5.95 Å². The third-order valence-electron chi connectivity index (χ3n) is 12.3. The Hall–Kier alpha value is -5.63. The molecule has 10 nitrogen and oxygen atoms in total. The minimum Gasteiger partial charge on any atom is -0.497 e. The zero-order chi connectivity index (χ0) is 43.5. The third-order valence-corrected chi connectivity index (χ3v) is 18.3. The zero-order valence-electron chi connectivity index (χ0n) is 35.9. The predicted molar refractivity (Wildman–Crippen MR) is 252 cm³/mol. The molecule has 8 rings (SSSR count). The van der Waals surface area contributed by atoms with Crippen molar-refractivity contribution in [1.82, 2.24) is 14.5 Å². The van der Waals surface area contributed by atoms with E-state index in [1.807, 2.05) is 91.9 Å². The summed E-state index contributed by atoms with van der Waals surface area (Å²) in [6.45, 7) is 9.34. The predicted octanol–water partition coefficient (Wildman–Crippen LogP) is 8.17. The SMILES string of the molecule is COc1ccc(C(Nc2nc3c(sc(=O)n3[C@@H]3O[C@@H](CCCO[Si](c4ccccc4)(c4ccccc4)C(C)(C)C)C[C@H]3[C@@H](C)N)c(=O)[nH]2)(c2ccccc2)c2ccccc2)cc1. The van der Waals surface area contributed by atoms with Crippen LogP contribution in [-0.2, 0) is 14.7 Å². The molecule has 2 aromatic heterocycles. The lowest BCUT2D eigenvalue weighted by Crippen LogP contribution is -2.66. The molecule has 4 atom stereocenters. The summed E-state index contributed by atoms with van der Waals surface area (Å²) < 4.78 is 21.3. The van der Waals surface area contributed by atoms with Crippen LogP contribution in [0.25, 0.3) is 10.3 Å². The summed E-state index contributed by atoms with van der Waals surface area (Å²) in [5, 5.41) is 6.01. The van der Waals surface area contributed by atoms with Crippen LogP contribution >= 0.6 is 11.3 Å². The van der Waals surface area contributed by atoms with Crippen molar-refractivity contribution in [3.63, 3.8) is 0 Å². The summed E-state index contributed by atoms with van der Waals surface area (Å²) in [4.78, 5) is 35.7. The van der Waals surface area contributed by atoms with Crippen LogP contribution in [0.1, 0.15) is 69.9 Å².